The Bertz CT molecular complexity index is 632. The molecule has 5 heteroatoms. The van der Waals surface area contributed by atoms with Gasteiger partial charge >= 0.3 is 0 Å². The Balaban J connectivity index is 1.74. The van der Waals surface area contributed by atoms with E-state index in [4.69, 9.17) is 0 Å². The number of hydrogen-bond donors (Lipinski definition) is 2. The fraction of sp³-hybridized carbons (Fsp3) is 0.400. The first-order valence-corrected chi connectivity index (χ1v) is 7.62. The summed E-state index contributed by atoms with van der Waals surface area (Å²) in [5, 5.41) is 12.9. The fourth-order valence-corrected chi connectivity index (χ4v) is 3.59. The summed E-state index contributed by atoms with van der Waals surface area (Å²) in [6.07, 6.45) is 2.82. The van der Waals surface area contributed by atoms with Gasteiger partial charge in [0.15, 0.2) is 0 Å². The summed E-state index contributed by atoms with van der Waals surface area (Å²) in [6.45, 7) is 0. The molecule has 2 aromatic rings. The van der Waals surface area contributed by atoms with Gasteiger partial charge in [0.25, 0.3) is 5.91 Å². The zero-order chi connectivity index (χ0) is 14.1. The lowest BCUT2D eigenvalue weighted by molar-refractivity contribution is 0.0871. The number of aliphatic hydroxyl groups excluding tert-OH is 1. The smallest absolute Gasteiger partial charge is 0.261 e. The van der Waals surface area contributed by atoms with Gasteiger partial charge in [0.2, 0.25) is 0 Å². The van der Waals surface area contributed by atoms with E-state index in [9.17, 15) is 14.3 Å². The van der Waals surface area contributed by atoms with E-state index < -0.39 is 0 Å². The van der Waals surface area contributed by atoms with Gasteiger partial charge in [0.1, 0.15) is 5.82 Å². The lowest BCUT2D eigenvalue weighted by atomic mass is 9.93. The van der Waals surface area contributed by atoms with Crippen molar-refractivity contribution >= 4 is 27.3 Å². The van der Waals surface area contributed by atoms with E-state index in [0.717, 1.165) is 30.4 Å². The summed E-state index contributed by atoms with van der Waals surface area (Å²) in [4.78, 5) is 12.7. The van der Waals surface area contributed by atoms with E-state index in [2.05, 4.69) is 5.32 Å². The number of rotatable bonds is 2. The Kier molecular flexibility index (Phi) is 3.72. The number of carbonyl (C=O) groups excluding carboxylic acids is 1. The van der Waals surface area contributed by atoms with Gasteiger partial charge in [-0.3, -0.25) is 4.79 Å². The number of halogens is 1. The molecule has 1 saturated carbocycles. The van der Waals surface area contributed by atoms with Gasteiger partial charge in [0, 0.05) is 16.1 Å². The highest BCUT2D eigenvalue weighted by Crippen LogP contribution is 2.28. The highest BCUT2D eigenvalue weighted by molar-refractivity contribution is 7.20. The number of aliphatic hydroxyl groups is 1. The lowest BCUT2D eigenvalue weighted by Crippen LogP contribution is -2.38. The van der Waals surface area contributed by atoms with Crippen LogP contribution in [0, 0.1) is 5.82 Å². The lowest BCUT2D eigenvalue weighted by Gasteiger charge is -2.25. The molecular formula is C15H16FNO2S. The molecule has 0 radical (unpaired) electrons. The van der Waals surface area contributed by atoms with Crippen molar-refractivity contribution < 1.29 is 14.3 Å². The van der Waals surface area contributed by atoms with Crippen molar-refractivity contribution in [3.8, 4) is 0 Å². The summed E-state index contributed by atoms with van der Waals surface area (Å²) >= 11 is 1.31. The number of carbonyl (C=O) groups is 1. The molecule has 3 nitrogen and oxygen atoms in total. The second kappa shape index (κ2) is 5.50. The van der Waals surface area contributed by atoms with Gasteiger partial charge in [-0.1, -0.05) is 6.07 Å². The van der Waals surface area contributed by atoms with Crippen LogP contribution in [0.15, 0.2) is 24.3 Å². The molecule has 2 N–H and O–H groups in total. The Morgan fingerprint density at radius 1 is 1.30 bits per heavy atom. The standard InChI is InChI=1S/C15H16FNO2S/c16-12-2-1-3-13-11(12)8-14(20-13)15(19)17-9-4-6-10(18)7-5-9/h1-3,8-10,18H,4-7H2,(H,17,19). The van der Waals surface area contributed by atoms with E-state index in [1.807, 2.05) is 6.07 Å². The third kappa shape index (κ3) is 2.69. The molecule has 1 aliphatic rings. The minimum Gasteiger partial charge on any atom is -0.393 e. The van der Waals surface area contributed by atoms with Crippen molar-refractivity contribution in [3.05, 3.63) is 35.0 Å². The molecule has 1 fully saturated rings. The normalized spacial score (nSPS) is 22.9. The van der Waals surface area contributed by atoms with Gasteiger partial charge in [-0.2, -0.15) is 0 Å². The molecule has 1 amide bonds. The van der Waals surface area contributed by atoms with E-state index in [1.54, 1.807) is 12.1 Å². The van der Waals surface area contributed by atoms with Crippen molar-refractivity contribution in [2.75, 3.05) is 0 Å². The Morgan fingerprint density at radius 2 is 2.05 bits per heavy atom. The number of hydrogen-bond acceptors (Lipinski definition) is 3. The quantitative estimate of drug-likeness (QED) is 0.894. The van der Waals surface area contributed by atoms with Crippen LogP contribution in [0.1, 0.15) is 35.4 Å². The molecule has 1 aromatic heterocycles. The molecular weight excluding hydrogens is 277 g/mol. The maximum Gasteiger partial charge on any atom is 0.261 e. The first-order chi connectivity index (χ1) is 9.63. The second-order valence-corrected chi connectivity index (χ2v) is 6.32. The van der Waals surface area contributed by atoms with Crippen LogP contribution in [0.4, 0.5) is 4.39 Å². The van der Waals surface area contributed by atoms with E-state index >= 15 is 0 Å². The fourth-order valence-electron chi connectivity index (χ4n) is 2.61. The minimum atomic E-state index is -0.293. The zero-order valence-electron chi connectivity index (χ0n) is 10.9. The average molecular weight is 293 g/mol. The van der Waals surface area contributed by atoms with Crippen LogP contribution >= 0.6 is 11.3 Å². The summed E-state index contributed by atoms with van der Waals surface area (Å²) in [5.41, 5.74) is 0. The molecule has 1 heterocycles. The van der Waals surface area contributed by atoms with Crippen LogP contribution in [0.25, 0.3) is 10.1 Å². The maximum atomic E-state index is 13.6. The number of thiophene rings is 1. The van der Waals surface area contributed by atoms with E-state index in [-0.39, 0.29) is 23.9 Å². The third-order valence-corrected chi connectivity index (χ3v) is 4.86. The molecule has 1 aromatic carbocycles. The highest BCUT2D eigenvalue weighted by atomic mass is 32.1. The summed E-state index contributed by atoms with van der Waals surface area (Å²) < 4.78 is 14.4. The zero-order valence-corrected chi connectivity index (χ0v) is 11.8. The minimum absolute atomic E-state index is 0.112. The molecule has 1 aliphatic carbocycles. The topological polar surface area (TPSA) is 49.3 Å². The molecule has 0 saturated heterocycles. The highest BCUT2D eigenvalue weighted by Gasteiger charge is 2.22. The predicted molar refractivity (Wildman–Crippen MR) is 77.5 cm³/mol. The van der Waals surface area contributed by atoms with E-state index in [0.29, 0.717) is 10.3 Å². The third-order valence-electron chi connectivity index (χ3n) is 3.76. The Morgan fingerprint density at radius 3 is 2.75 bits per heavy atom. The van der Waals surface area contributed by atoms with E-state index in [1.165, 1.54) is 17.4 Å². The largest absolute Gasteiger partial charge is 0.393 e. The molecule has 20 heavy (non-hydrogen) atoms. The summed E-state index contributed by atoms with van der Waals surface area (Å²) in [5.74, 6) is -0.439. The molecule has 106 valence electrons. The van der Waals surface area contributed by atoms with Crippen LogP contribution in [-0.4, -0.2) is 23.2 Å². The maximum absolute atomic E-state index is 13.6. The average Bonchev–Trinajstić information content (AvgIpc) is 2.87. The molecule has 0 aliphatic heterocycles. The van der Waals surface area contributed by atoms with Crippen LogP contribution in [0.3, 0.4) is 0 Å². The van der Waals surface area contributed by atoms with Gasteiger partial charge in [0.05, 0.1) is 11.0 Å². The molecule has 0 atom stereocenters. The number of amides is 1. The molecule has 3 rings (SSSR count). The Hall–Kier alpha value is -1.46. The van der Waals surface area contributed by atoms with Crippen molar-refractivity contribution in [2.24, 2.45) is 0 Å². The SMILES string of the molecule is O=C(NC1CCC(O)CC1)c1cc2c(F)cccc2s1. The monoisotopic (exact) mass is 293 g/mol. The first kappa shape index (κ1) is 13.5. The van der Waals surface area contributed by atoms with Crippen LogP contribution in [0.5, 0.6) is 0 Å². The number of benzene rings is 1. The van der Waals surface area contributed by atoms with Crippen molar-refractivity contribution in [1.29, 1.82) is 0 Å². The second-order valence-electron chi connectivity index (χ2n) is 5.24. The van der Waals surface area contributed by atoms with Gasteiger partial charge in [-0.25, -0.2) is 4.39 Å². The predicted octanol–water partition coefficient (Wildman–Crippen LogP) is 3.07. The molecule has 0 spiro atoms. The number of nitrogens with one attached hydrogen (secondary N) is 1. The van der Waals surface area contributed by atoms with Gasteiger partial charge < -0.3 is 10.4 Å². The summed E-state index contributed by atoms with van der Waals surface area (Å²) in [7, 11) is 0. The molecule has 0 bridgehead atoms. The number of fused-ring (bicyclic) bond motifs is 1. The van der Waals surface area contributed by atoms with Gasteiger partial charge in [-0.15, -0.1) is 11.3 Å². The van der Waals surface area contributed by atoms with Gasteiger partial charge in [-0.05, 0) is 43.9 Å². The Labute approximate surface area is 120 Å². The van der Waals surface area contributed by atoms with Crippen molar-refractivity contribution in [2.45, 2.75) is 37.8 Å². The summed E-state index contributed by atoms with van der Waals surface area (Å²) in [6, 6.07) is 6.59. The van der Waals surface area contributed by atoms with Crippen LogP contribution in [0.2, 0.25) is 0 Å². The van der Waals surface area contributed by atoms with Crippen LogP contribution in [-0.2, 0) is 0 Å². The molecule has 0 unspecified atom stereocenters. The van der Waals surface area contributed by atoms with Crippen LogP contribution < -0.4 is 5.32 Å². The van der Waals surface area contributed by atoms with Crippen molar-refractivity contribution in [3.63, 3.8) is 0 Å². The van der Waals surface area contributed by atoms with Crippen molar-refractivity contribution in [1.82, 2.24) is 5.32 Å². The first-order valence-electron chi connectivity index (χ1n) is 6.80.